The summed E-state index contributed by atoms with van der Waals surface area (Å²) in [6.45, 7) is 1.02. The molecule has 1 fully saturated rings. The van der Waals surface area contributed by atoms with Gasteiger partial charge in [-0.3, -0.25) is 9.59 Å². The first-order valence-corrected chi connectivity index (χ1v) is 12.3. The Hall–Kier alpha value is -4.23. The lowest BCUT2D eigenvalue weighted by Crippen LogP contribution is -2.16. The van der Waals surface area contributed by atoms with Crippen molar-refractivity contribution in [3.63, 3.8) is 0 Å². The minimum Gasteiger partial charge on any atom is -0.477 e. The van der Waals surface area contributed by atoms with Crippen LogP contribution in [0.3, 0.4) is 0 Å². The van der Waals surface area contributed by atoms with Gasteiger partial charge in [-0.05, 0) is 29.2 Å². The van der Waals surface area contributed by atoms with Crippen LogP contribution < -0.4 is 0 Å². The smallest absolute Gasteiger partial charge is 0.353 e. The SMILES string of the molecule is O=C(CCC(=O)c1c(C(=O)O)n(CC2CO2)c2cccc(Cc3ccccc3)c12)OCc1ccccc1. The number of rotatable bonds is 11. The zero-order valence-electron chi connectivity index (χ0n) is 20.3. The third-order valence-corrected chi connectivity index (χ3v) is 6.48. The second-order valence-electron chi connectivity index (χ2n) is 9.14. The van der Waals surface area contributed by atoms with E-state index in [1.165, 1.54) is 0 Å². The fraction of sp³-hybridized carbons (Fsp3) is 0.233. The number of benzene rings is 3. The summed E-state index contributed by atoms with van der Waals surface area (Å²) in [5, 5.41) is 10.8. The Bertz CT molecular complexity index is 1440. The van der Waals surface area contributed by atoms with Gasteiger partial charge in [-0.15, -0.1) is 0 Å². The quantitative estimate of drug-likeness (QED) is 0.177. The molecule has 0 spiro atoms. The van der Waals surface area contributed by atoms with E-state index >= 15 is 0 Å². The van der Waals surface area contributed by atoms with Gasteiger partial charge in [0.25, 0.3) is 0 Å². The molecule has 1 unspecified atom stereocenters. The molecular weight excluding hydrogens is 470 g/mol. The van der Waals surface area contributed by atoms with Crippen LogP contribution in [0.25, 0.3) is 10.9 Å². The minimum atomic E-state index is -1.18. The summed E-state index contributed by atoms with van der Waals surface area (Å²) < 4.78 is 12.4. The van der Waals surface area contributed by atoms with Crippen molar-refractivity contribution >= 4 is 28.6 Å². The topological polar surface area (TPSA) is 98.1 Å². The van der Waals surface area contributed by atoms with Crippen molar-refractivity contribution in [2.75, 3.05) is 6.61 Å². The summed E-state index contributed by atoms with van der Waals surface area (Å²) >= 11 is 0. The molecule has 7 heteroatoms. The number of ether oxygens (including phenoxy) is 2. The average Bonchev–Trinajstić information content (AvgIpc) is 3.67. The highest BCUT2D eigenvalue weighted by Crippen LogP contribution is 2.33. The Morgan fingerprint density at radius 1 is 0.892 bits per heavy atom. The van der Waals surface area contributed by atoms with Gasteiger partial charge >= 0.3 is 11.9 Å². The van der Waals surface area contributed by atoms with Gasteiger partial charge in [0.2, 0.25) is 0 Å². The number of hydrogen-bond acceptors (Lipinski definition) is 5. The third-order valence-electron chi connectivity index (χ3n) is 6.48. The maximum atomic E-state index is 13.6. The van der Waals surface area contributed by atoms with Gasteiger partial charge in [-0.1, -0.05) is 72.8 Å². The van der Waals surface area contributed by atoms with Crippen molar-refractivity contribution in [3.8, 4) is 0 Å². The maximum Gasteiger partial charge on any atom is 0.353 e. The Morgan fingerprint density at radius 3 is 2.22 bits per heavy atom. The van der Waals surface area contributed by atoms with E-state index in [2.05, 4.69) is 0 Å². The molecule has 7 nitrogen and oxygen atoms in total. The van der Waals surface area contributed by atoms with E-state index in [-0.39, 0.29) is 36.8 Å². The summed E-state index contributed by atoms with van der Waals surface area (Å²) in [4.78, 5) is 38.4. The van der Waals surface area contributed by atoms with E-state index < -0.39 is 17.7 Å². The van der Waals surface area contributed by atoms with Gasteiger partial charge in [-0.2, -0.15) is 0 Å². The highest BCUT2D eigenvalue weighted by molar-refractivity contribution is 6.16. The Labute approximate surface area is 214 Å². The normalized spacial score (nSPS) is 14.4. The molecule has 3 aromatic carbocycles. The lowest BCUT2D eigenvalue weighted by molar-refractivity contribution is -0.144. The number of nitrogens with zero attached hydrogens (tertiary/aromatic N) is 1. The van der Waals surface area contributed by atoms with Crippen molar-refractivity contribution in [2.45, 2.75) is 38.5 Å². The number of carbonyl (C=O) groups is 3. The van der Waals surface area contributed by atoms with Crippen molar-refractivity contribution < 1.29 is 29.0 Å². The number of carboxylic acid groups (broad SMARTS) is 1. The molecule has 0 amide bonds. The summed E-state index contributed by atoms with van der Waals surface area (Å²) in [5.74, 6) is -2.08. The number of epoxide rings is 1. The molecule has 2 heterocycles. The van der Waals surface area contributed by atoms with Gasteiger partial charge in [0, 0.05) is 17.3 Å². The van der Waals surface area contributed by atoms with Crippen LogP contribution in [0.4, 0.5) is 0 Å². The number of aromatic nitrogens is 1. The zero-order valence-corrected chi connectivity index (χ0v) is 20.3. The minimum absolute atomic E-state index is 0.0614. The Balaban J connectivity index is 1.46. The fourth-order valence-corrected chi connectivity index (χ4v) is 4.65. The largest absolute Gasteiger partial charge is 0.477 e. The van der Waals surface area contributed by atoms with Crippen molar-refractivity contribution in [1.29, 1.82) is 0 Å². The van der Waals surface area contributed by atoms with Crippen LogP contribution in [0.15, 0.2) is 78.9 Å². The number of carboxylic acids is 1. The monoisotopic (exact) mass is 497 g/mol. The molecule has 0 aliphatic carbocycles. The maximum absolute atomic E-state index is 13.6. The van der Waals surface area contributed by atoms with E-state index in [4.69, 9.17) is 9.47 Å². The molecule has 188 valence electrons. The van der Waals surface area contributed by atoms with E-state index in [0.717, 1.165) is 16.7 Å². The molecular formula is C30H27NO6. The first-order chi connectivity index (χ1) is 18.0. The molecule has 37 heavy (non-hydrogen) atoms. The van der Waals surface area contributed by atoms with Crippen LogP contribution in [0.5, 0.6) is 0 Å². The highest BCUT2D eigenvalue weighted by atomic mass is 16.6. The molecule has 1 N–H and O–H groups in total. The van der Waals surface area contributed by atoms with Gasteiger partial charge in [0.15, 0.2) is 5.78 Å². The average molecular weight is 498 g/mol. The number of carbonyl (C=O) groups excluding carboxylic acids is 2. The van der Waals surface area contributed by atoms with Gasteiger partial charge in [-0.25, -0.2) is 4.79 Å². The lowest BCUT2D eigenvalue weighted by atomic mass is 9.95. The van der Waals surface area contributed by atoms with Crippen molar-refractivity contribution in [3.05, 3.63) is 107 Å². The number of fused-ring (bicyclic) bond motifs is 1. The molecule has 0 saturated carbocycles. The number of ketones is 1. The van der Waals surface area contributed by atoms with Crippen LogP contribution in [0.2, 0.25) is 0 Å². The first-order valence-electron chi connectivity index (χ1n) is 12.3. The highest BCUT2D eigenvalue weighted by Gasteiger charge is 2.32. The molecule has 0 bridgehead atoms. The summed E-state index contributed by atoms with van der Waals surface area (Å²) in [5.41, 5.74) is 3.52. The molecule has 1 aromatic heterocycles. The summed E-state index contributed by atoms with van der Waals surface area (Å²) in [7, 11) is 0. The Kier molecular flexibility index (Phi) is 7.14. The molecule has 0 radical (unpaired) electrons. The van der Waals surface area contributed by atoms with Crippen molar-refractivity contribution in [2.24, 2.45) is 0 Å². The fourth-order valence-electron chi connectivity index (χ4n) is 4.65. The van der Waals surface area contributed by atoms with Crippen molar-refractivity contribution in [1.82, 2.24) is 4.57 Å². The third kappa shape index (κ3) is 5.62. The predicted octanol–water partition coefficient (Wildman–Crippen LogP) is 5.04. The lowest BCUT2D eigenvalue weighted by Gasteiger charge is -2.08. The van der Waals surface area contributed by atoms with Crippen LogP contribution in [-0.4, -0.2) is 40.1 Å². The number of aromatic carboxylic acids is 1. The van der Waals surface area contributed by atoms with E-state index in [1.807, 2.05) is 78.9 Å². The summed E-state index contributed by atoms with van der Waals surface area (Å²) in [6, 6.07) is 24.7. The predicted molar refractivity (Wildman–Crippen MR) is 138 cm³/mol. The summed E-state index contributed by atoms with van der Waals surface area (Å²) in [6.07, 6.45) is 0.180. The standard InChI is InChI=1S/C30H27NO6/c32-25(14-15-26(33)37-18-21-10-5-2-6-11-21)28-27-22(16-20-8-3-1-4-9-20)12-7-13-24(27)31(17-23-19-36-23)29(28)30(34)35/h1-13,23H,14-19H2,(H,34,35). The van der Waals surface area contributed by atoms with Crippen LogP contribution in [-0.2, 0) is 33.8 Å². The second kappa shape index (κ2) is 10.8. The number of Topliss-reactive ketones (excluding diaryl/α,β-unsaturated/α-hetero) is 1. The molecule has 1 saturated heterocycles. The van der Waals surface area contributed by atoms with Gasteiger partial charge in [0.05, 0.1) is 31.2 Å². The zero-order chi connectivity index (χ0) is 25.8. The van der Waals surface area contributed by atoms with E-state index in [1.54, 1.807) is 4.57 Å². The van der Waals surface area contributed by atoms with Gasteiger partial charge < -0.3 is 19.1 Å². The van der Waals surface area contributed by atoms with E-state index in [9.17, 15) is 19.5 Å². The first kappa shape index (κ1) is 24.5. The van der Waals surface area contributed by atoms with Crippen LogP contribution >= 0.6 is 0 Å². The molecule has 1 atom stereocenters. The van der Waals surface area contributed by atoms with Crippen LogP contribution in [0, 0.1) is 0 Å². The van der Waals surface area contributed by atoms with Gasteiger partial charge in [0.1, 0.15) is 12.3 Å². The second-order valence-corrected chi connectivity index (χ2v) is 9.14. The Morgan fingerprint density at radius 2 is 1.57 bits per heavy atom. The number of esters is 1. The van der Waals surface area contributed by atoms with Crippen LogP contribution in [0.1, 0.15) is 50.4 Å². The van der Waals surface area contributed by atoms with E-state index in [0.29, 0.717) is 30.5 Å². The molecule has 4 aromatic rings. The molecule has 5 rings (SSSR count). The molecule has 1 aliphatic rings. The number of hydrogen-bond donors (Lipinski definition) is 1. The molecule has 1 aliphatic heterocycles.